The first-order valence-corrected chi connectivity index (χ1v) is 9.14. The molecule has 0 unspecified atom stereocenters. The lowest BCUT2D eigenvalue weighted by molar-refractivity contribution is -0.126. The zero-order valence-corrected chi connectivity index (χ0v) is 16.3. The first-order valence-electron chi connectivity index (χ1n) is 9.14. The van der Waals surface area contributed by atoms with Gasteiger partial charge >= 0.3 is 0 Å². The Hall–Kier alpha value is -4.12. The van der Waals surface area contributed by atoms with E-state index in [1.807, 2.05) is 19.1 Å². The fourth-order valence-corrected chi connectivity index (χ4v) is 2.84. The highest BCUT2D eigenvalue weighted by atomic mass is 16.5. The van der Waals surface area contributed by atoms with Gasteiger partial charge in [-0.05, 0) is 30.7 Å². The number of carbonyl (C=O) groups is 2. The molecule has 1 heterocycles. The van der Waals surface area contributed by atoms with Crippen LogP contribution in [0.4, 0.5) is 5.69 Å². The molecule has 1 aromatic heterocycles. The Kier molecular flexibility index (Phi) is 6.45. The molecule has 30 heavy (non-hydrogen) atoms. The van der Waals surface area contributed by atoms with Gasteiger partial charge < -0.3 is 15.2 Å². The van der Waals surface area contributed by atoms with Crippen molar-refractivity contribution in [2.24, 2.45) is 10.2 Å². The van der Waals surface area contributed by atoms with Crippen LogP contribution in [0.25, 0.3) is 10.9 Å². The second kappa shape index (κ2) is 9.39. The van der Waals surface area contributed by atoms with Gasteiger partial charge in [0.15, 0.2) is 12.3 Å². The predicted molar refractivity (Wildman–Crippen MR) is 112 cm³/mol. The fourth-order valence-electron chi connectivity index (χ4n) is 2.84. The van der Waals surface area contributed by atoms with Crippen LogP contribution in [0.2, 0.25) is 0 Å². The molecule has 3 aromatic rings. The maximum absolute atomic E-state index is 12.0. The van der Waals surface area contributed by atoms with E-state index < -0.39 is 11.8 Å². The van der Waals surface area contributed by atoms with E-state index in [0.717, 1.165) is 5.56 Å². The van der Waals surface area contributed by atoms with Crippen molar-refractivity contribution >= 4 is 28.4 Å². The number of fused-ring (bicyclic) bond motifs is 1. The summed E-state index contributed by atoms with van der Waals surface area (Å²) in [5, 5.41) is 20.9. The summed E-state index contributed by atoms with van der Waals surface area (Å²) in [6, 6.07) is 14.4. The summed E-state index contributed by atoms with van der Waals surface area (Å²) >= 11 is 0. The number of aromatic hydroxyl groups is 1. The average molecular weight is 404 g/mol. The first kappa shape index (κ1) is 20.6. The minimum Gasteiger partial charge on any atom is -0.493 e. The SMILES string of the molecule is C#CCn1c(O)c(N=NC(=O)CNC(=O)COc2cccc(C)c2)c2ccccc21. The van der Waals surface area contributed by atoms with E-state index in [-0.39, 0.29) is 31.3 Å². The molecule has 0 aliphatic heterocycles. The highest BCUT2D eigenvalue weighted by molar-refractivity contribution is 5.95. The van der Waals surface area contributed by atoms with Gasteiger partial charge in [-0.3, -0.25) is 14.2 Å². The van der Waals surface area contributed by atoms with Crippen LogP contribution in [0.3, 0.4) is 0 Å². The van der Waals surface area contributed by atoms with E-state index in [1.165, 1.54) is 4.57 Å². The number of azo groups is 1. The molecule has 0 spiro atoms. The summed E-state index contributed by atoms with van der Waals surface area (Å²) in [5.41, 5.74) is 1.83. The molecule has 0 saturated heterocycles. The predicted octanol–water partition coefficient (Wildman–Crippen LogP) is 3.09. The number of terminal acetylenes is 1. The molecule has 0 fully saturated rings. The number of carbonyl (C=O) groups excluding carboxylic acids is 2. The van der Waals surface area contributed by atoms with Gasteiger partial charge in [-0.15, -0.1) is 16.7 Å². The highest BCUT2D eigenvalue weighted by Gasteiger charge is 2.16. The van der Waals surface area contributed by atoms with Gasteiger partial charge in [-0.2, -0.15) is 0 Å². The number of rotatable bonds is 7. The summed E-state index contributed by atoms with van der Waals surface area (Å²) in [6.45, 7) is 1.49. The largest absolute Gasteiger partial charge is 0.493 e. The van der Waals surface area contributed by atoms with Crippen LogP contribution in [0, 0.1) is 19.3 Å². The van der Waals surface area contributed by atoms with Gasteiger partial charge in [0, 0.05) is 5.39 Å². The van der Waals surface area contributed by atoms with Crippen molar-refractivity contribution in [2.75, 3.05) is 13.2 Å². The molecule has 2 amide bonds. The monoisotopic (exact) mass is 404 g/mol. The summed E-state index contributed by atoms with van der Waals surface area (Å²) in [7, 11) is 0. The molecular weight excluding hydrogens is 384 g/mol. The maximum Gasteiger partial charge on any atom is 0.283 e. The molecule has 0 bridgehead atoms. The van der Waals surface area contributed by atoms with Crippen LogP contribution in [0.1, 0.15) is 5.56 Å². The van der Waals surface area contributed by atoms with Gasteiger partial charge in [0.25, 0.3) is 11.8 Å². The number of amides is 2. The fraction of sp³-hybridized carbons (Fsp3) is 0.182. The third-order valence-corrected chi connectivity index (χ3v) is 4.22. The van der Waals surface area contributed by atoms with E-state index >= 15 is 0 Å². The molecule has 0 atom stereocenters. The second-order valence-corrected chi connectivity index (χ2v) is 6.46. The van der Waals surface area contributed by atoms with Gasteiger partial charge in [-0.25, -0.2) is 0 Å². The van der Waals surface area contributed by atoms with Gasteiger partial charge in [0.05, 0.1) is 12.1 Å². The molecule has 152 valence electrons. The Bertz CT molecular complexity index is 1160. The van der Waals surface area contributed by atoms with E-state index in [1.54, 1.807) is 36.4 Å². The van der Waals surface area contributed by atoms with Crippen molar-refractivity contribution in [1.82, 2.24) is 9.88 Å². The van der Waals surface area contributed by atoms with E-state index in [0.29, 0.717) is 16.7 Å². The minimum atomic E-state index is -0.674. The molecule has 0 aliphatic carbocycles. The number of nitrogens with zero attached hydrogens (tertiary/aromatic N) is 3. The molecule has 0 saturated carbocycles. The van der Waals surface area contributed by atoms with Crippen molar-refractivity contribution in [1.29, 1.82) is 0 Å². The van der Waals surface area contributed by atoms with Crippen LogP contribution in [-0.4, -0.2) is 34.6 Å². The molecule has 3 rings (SSSR count). The second-order valence-electron chi connectivity index (χ2n) is 6.46. The zero-order valence-electron chi connectivity index (χ0n) is 16.3. The number of aryl methyl sites for hydroxylation is 1. The van der Waals surface area contributed by atoms with Crippen LogP contribution in [-0.2, 0) is 16.1 Å². The molecule has 8 nitrogen and oxygen atoms in total. The van der Waals surface area contributed by atoms with Crippen LogP contribution in [0.15, 0.2) is 58.8 Å². The summed E-state index contributed by atoms with van der Waals surface area (Å²) < 4.78 is 6.87. The molecule has 2 aromatic carbocycles. The number of ether oxygens (including phenoxy) is 1. The van der Waals surface area contributed by atoms with Crippen molar-refractivity contribution in [3.8, 4) is 24.0 Å². The lowest BCUT2D eigenvalue weighted by Crippen LogP contribution is -2.32. The summed E-state index contributed by atoms with van der Waals surface area (Å²) in [4.78, 5) is 23.8. The molecule has 2 N–H and O–H groups in total. The number of para-hydroxylation sites is 1. The Balaban J connectivity index is 1.59. The first-order chi connectivity index (χ1) is 14.5. The standard InChI is InChI=1S/C22H20N4O4/c1-3-11-26-18-10-5-4-9-17(18)21(22(26)29)25-24-19(27)13-23-20(28)14-30-16-8-6-7-15(2)12-16/h1,4-10,12,29H,11,13-14H2,2H3,(H,23,28). The third kappa shape index (κ3) is 4.83. The number of nitrogens with one attached hydrogen (secondary N) is 1. The maximum atomic E-state index is 12.0. The average Bonchev–Trinajstić information content (AvgIpc) is 3.01. The van der Waals surface area contributed by atoms with Crippen molar-refractivity contribution < 1.29 is 19.4 Å². The van der Waals surface area contributed by atoms with Gasteiger partial charge in [0.1, 0.15) is 12.3 Å². The summed E-state index contributed by atoms with van der Waals surface area (Å²) in [5.74, 6) is 1.71. The molecular formula is C22H20N4O4. The summed E-state index contributed by atoms with van der Waals surface area (Å²) in [6.07, 6.45) is 5.35. The number of benzene rings is 2. The Morgan fingerprint density at radius 1 is 1.23 bits per heavy atom. The van der Waals surface area contributed by atoms with E-state index in [2.05, 4.69) is 21.5 Å². The van der Waals surface area contributed by atoms with Crippen LogP contribution in [0.5, 0.6) is 11.6 Å². The van der Waals surface area contributed by atoms with E-state index in [4.69, 9.17) is 11.2 Å². The molecule has 0 radical (unpaired) electrons. The van der Waals surface area contributed by atoms with Crippen LogP contribution >= 0.6 is 0 Å². The van der Waals surface area contributed by atoms with E-state index in [9.17, 15) is 14.7 Å². The van der Waals surface area contributed by atoms with Crippen molar-refractivity contribution in [2.45, 2.75) is 13.5 Å². The topological polar surface area (TPSA) is 105 Å². The van der Waals surface area contributed by atoms with Gasteiger partial charge in [-0.1, -0.05) is 36.3 Å². The molecule has 8 heteroatoms. The Morgan fingerprint density at radius 2 is 2.03 bits per heavy atom. The van der Waals surface area contributed by atoms with Gasteiger partial charge in [0.2, 0.25) is 5.88 Å². The van der Waals surface area contributed by atoms with Crippen molar-refractivity contribution in [3.63, 3.8) is 0 Å². The zero-order chi connectivity index (χ0) is 21.5. The lowest BCUT2D eigenvalue weighted by Gasteiger charge is -2.06. The van der Waals surface area contributed by atoms with Crippen molar-refractivity contribution in [3.05, 3.63) is 54.1 Å². The smallest absolute Gasteiger partial charge is 0.283 e. The van der Waals surface area contributed by atoms with Crippen LogP contribution < -0.4 is 10.1 Å². The minimum absolute atomic E-state index is 0.142. The Labute approximate surface area is 173 Å². The number of hydrogen-bond acceptors (Lipinski definition) is 5. The Morgan fingerprint density at radius 3 is 2.80 bits per heavy atom. The highest BCUT2D eigenvalue weighted by Crippen LogP contribution is 2.38. The number of aromatic nitrogens is 1. The number of hydrogen-bond donors (Lipinski definition) is 2. The molecule has 0 aliphatic rings. The lowest BCUT2D eigenvalue weighted by atomic mass is 10.2. The third-order valence-electron chi connectivity index (χ3n) is 4.22. The quantitative estimate of drug-likeness (QED) is 0.466. The normalized spacial score (nSPS) is 10.8.